The second-order valence-electron chi connectivity index (χ2n) is 6.40. The van der Waals surface area contributed by atoms with E-state index in [2.05, 4.69) is 30.5 Å². The van der Waals surface area contributed by atoms with E-state index in [1.54, 1.807) is 25.8 Å². The summed E-state index contributed by atoms with van der Waals surface area (Å²) in [4.78, 5) is 13.5. The molecule has 0 spiro atoms. The maximum Gasteiger partial charge on any atom is 0.237 e. The van der Waals surface area contributed by atoms with Gasteiger partial charge in [-0.25, -0.2) is 9.97 Å². The summed E-state index contributed by atoms with van der Waals surface area (Å²) in [5.74, 6) is 2.00. The van der Waals surface area contributed by atoms with Crippen molar-refractivity contribution in [1.29, 1.82) is 0 Å². The molecule has 0 unspecified atom stereocenters. The number of aromatic amines is 1. The summed E-state index contributed by atoms with van der Waals surface area (Å²) in [6, 6.07) is 15.6. The van der Waals surface area contributed by atoms with Crippen molar-refractivity contribution in [2.75, 3.05) is 12.4 Å². The monoisotopic (exact) mass is 383 g/mol. The molecular weight excluding hydrogens is 366 g/mol. The van der Waals surface area contributed by atoms with Crippen LogP contribution in [0.1, 0.15) is 0 Å². The number of nitrogens with one attached hydrogen (secondary N) is 2. The summed E-state index contributed by atoms with van der Waals surface area (Å²) >= 11 is 0. The number of benzene rings is 2. The maximum absolute atomic E-state index is 5.26. The lowest BCUT2D eigenvalue weighted by molar-refractivity contribution is 0.415. The lowest BCUT2D eigenvalue weighted by Crippen LogP contribution is -2.02. The average molecular weight is 383 g/mol. The standard InChI is InChI=1S/C21H17N7O/c1-29-17-6-7-19-18(10-17)23-13-28(19)21-22-9-8-20(27-21)26-16-4-2-14(3-5-16)15-11-24-25-12-15/h2-13H,1H3,(H,24,25)(H,22,26,27). The lowest BCUT2D eigenvalue weighted by Gasteiger charge is -2.08. The van der Waals surface area contributed by atoms with Gasteiger partial charge in [-0.15, -0.1) is 0 Å². The van der Waals surface area contributed by atoms with Gasteiger partial charge in [0.1, 0.15) is 17.9 Å². The van der Waals surface area contributed by atoms with Gasteiger partial charge in [-0.2, -0.15) is 10.1 Å². The highest BCUT2D eigenvalue weighted by Crippen LogP contribution is 2.24. The van der Waals surface area contributed by atoms with Crippen molar-refractivity contribution in [2.45, 2.75) is 0 Å². The molecule has 0 radical (unpaired) electrons. The smallest absolute Gasteiger partial charge is 0.237 e. The van der Waals surface area contributed by atoms with E-state index in [4.69, 9.17) is 4.74 Å². The van der Waals surface area contributed by atoms with Gasteiger partial charge in [0.15, 0.2) is 0 Å². The molecule has 0 amide bonds. The molecule has 2 N–H and O–H groups in total. The van der Waals surface area contributed by atoms with Crippen LogP contribution in [0, 0.1) is 0 Å². The van der Waals surface area contributed by atoms with Gasteiger partial charge in [0.2, 0.25) is 5.95 Å². The zero-order valence-electron chi connectivity index (χ0n) is 15.6. The van der Waals surface area contributed by atoms with Gasteiger partial charge in [-0.3, -0.25) is 9.67 Å². The first-order valence-electron chi connectivity index (χ1n) is 9.01. The van der Waals surface area contributed by atoms with E-state index in [0.29, 0.717) is 11.8 Å². The molecule has 142 valence electrons. The minimum atomic E-state index is 0.540. The van der Waals surface area contributed by atoms with Crippen molar-refractivity contribution in [3.8, 4) is 22.8 Å². The van der Waals surface area contributed by atoms with Crippen LogP contribution in [0.5, 0.6) is 5.75 Å². The minimum Gasteiger partial charge on any atom is -0.497 e. The van der Waals surface area contributed by atoms with E-state index in [9.17, 15) is 0 Å². The summed E-state index contributed by atoms with van der Waals surface area (Å²) < 4.78 is 7.11. The number of H-pyrrole nitrogens is 1. The van der Waals surface area contributed by atoms with Crippen LogP contribution < -0.4 is 10.1 Å². The number of hydrogen-bond donors (Lipinski definition) is 2. The first-order chi connectivity index (χ1) is 14.3. The van der Waals surface area contributed by atoms with Gasteiger partial charge in [-0.1, -0.05) is 12.1 Å². The van der Waals surface area contributed by atoms with Crippen LogP contribution in [-0.2, 0) is 0 Å². The first-order valence-corrected chi connectivity index (χ1v) is 9.01. The Kier molecular flexibility index (Phi) is 4.14. The Morgan fingerprint density at radius 2 is 1.90 bits per heavy atom. The van der Waals surface area contributed by atoms with Gasteiger partial charge < -0.3 is 10.1 Å². The van der Waals surface area contributed by atoms with E-state index < -0.39 is 0 Å². The minimum absolute atomic E-state index is 0.540. The topological polar surface area (TPSA) is 93.5 Å². The van der Waals surface area contributed by atoms with Crippen LogP contribution in [-0.4, -0.2) is 36.8 Å². The molecule has 0 aliphatic heterocycles. The number of methoxy groups -OCH3 is 1. The third-order valence-electron chi connectivity index (χ3n) is 4.60. The SMILES string of the molecule is COc1ccc2c(c1)ncn2-c1nccc(Nc2ccc(-c3cn[nH]c3)cc2)n1. The highest BCUT2D eigenvalue weighted by atomic mass is 16.5. The molecule has 0 saturated carbocycles. The number of rotatable bonds is 5. The number of imidazole rings is 1. The highest BCUT2D eigenvalue weighted by molar-refractivity contribution is 5.78. The van der Waals surface area contributed by atoms with Crippen molar-refractivity contribution in [2.24, 2.45) is 0 Å². The number of anilines is 2. The van der Waals surface area contributed by atoms with E-state index in [-0.39, 0.29) is 0 Å². The quantitative estimate of drug-likeness (QED) is 0.477. The van der Waals surface area contributed by atoms with Gasteiger partial charge in [0, 0.05) is 29.7 Å². The van der Waals surface area contributed by atoms with Crippen molar-refractivity contribution in [3.05, 3.63) is 73.4 Å². The van der Waals surface area contributed by atoms with Crippen molar-refractivity contribution in [3.63, 3.8) is 0 Å². The summed E-state index contributed by atoms with van der Waals surface area (Å²) in [5.41, 5.74) is 4.80. The Labute approximate surface area is 166 Å². The van der Waals surface area contributed by atoms with Crippen molar-refractivity contribution in [1.82, 2.24) is 29.7 Å². The molecule has 3 heterocycles. The lowest BCUT2D eigenvalue weighted by atomic mass is 10.1. The number of aromatic nitrogens is 6. The largest absolute Gasteiger partial charge is 0.497 e. The number of hydrogen-bond acceptors (Lipinski definition) is 6. The summed E-state index contributed by atoms with van der Waals surface area (Å²) in [7, 11) is 1.64. The number of fused-ring (bicyclic) bond motifs is 1. The van der Waals surface area contributed by atoms with Gasteiger partial charge >= 0.3 is 0 Å². The van der Waals surface area contributed by atoms with Crippen LogP contribution in [0.25, 0.3) is 28.1 Å². The fourth-order valence-electron chi connectivity index (χ4n) is 3.12. The number of nitrogens with zero attached hydrogens (tertiary/aromatic N) is 5. The molecule has 0 saturated heterocycles. The predicted molar refractivity (Wildman–Crippen MR) is 111 cm³/mol. The number of ether oxygens (including phenoxy) is 1. The highest BCUT2D eigenvalue weighted by Gasteiger charge is 2.09. The van der Waals surface area contributed by atoms with Crippen LogP contribution >= 0.6 is 0 Å². The molecule has 5 aromatic rings. The van der Waals surface area contributed by atoms with E-state index in [1.807, 2.05) is 59.3 Å². The Balaban J connectivity index is 1.41. The molecule has 0 aliphatic carbocycles. The third-order valence-corrected chi connectivity index (χ3v) is 4.60. The second kappa shape index (κ2) is 7.08. The van der Waals surface area contributed by atoms with Crippen LogP contribution in [0.4, 0.5) is 11.5 Å². The Bertz CT molecular complexity index is 1260. The third kappa shape index (κ3) is 3.27. The molecule has 0 aliphatic rings. The van der Waals surface area contributed by atoms with E-state index in [0.717, 1.165) is 33.6 Å². The zero-order valence-corrected chi connectivity index (χ0v) is 15.6. The first kappa shape index (κ1) is 16.9. The summed E-state index contributed by atoms with van der Waals surface area (Å²) in [6.07, 6.45) is 7.09. The zero-order chi connectivity index (χ0) is 19.6. The molecular formula is C21H17N7O. The average Bonchev–Trinajstić information content (AvgIpc) is 3.44. The Morgan fingerprint density at radius 1 is 1.00 bits per heavy atom. The molecule has 2 aromatic carbocycles. The predicted octanol–water partition coefficient (Wildman–Crippen LogP) is 3.96. The fourth-order valence-corrected chi connectivity index (χ4v) is 3.12. The maximum atomic E-state index is 5.26. The van der Waals surface area contributed by atoms with E-state index in [1.165, 1.54) is 0 Å². The molecule has 0 atom stereocenters. The van der Waals surface area contributed by atoms with E-state index >= 15 is 0 Å². The van der Waals surface area contributed by atoms with Crippen LogP contribution in [0.3, 0.4) is 0 Å². The van der Waals surface area contributed by atoms with Crippen molar-refractivity contribution < 1.29 is 4.74 Å². The molecule has 5 rings (SSSR count). The summed E-state index contributed by atoms with van der Waals surface area (Å²) in [5, 5.41) is 10.1. The summed E-state index contributed by atoms with van der Waals surface area (Å²) in [6.45, 7) is 0. The molecule has 3 aromatic heterocycles. The molecule has 0 fully saturated rings. The molecule has 29 heavy (non-hydrogen) atoms. The van der Waals surface area contributed by atoms with Gasteiger partial charge in [0.25, 0.3) is 0 Å². The second-order valence-corrected chi connectivity index (χ2v) is 6.40. The van der Waals surface area contributed by atoms with Crippen LogP contribution in [0.2, 0.25) is 0 Å². The van der Waals surface area contributed by atoms with Crippen molar-refractivity contribution >= 4 is 22.5 Å². The Hall–Kier alpha value is -4.20. The van der Waals surface area contributed by atoms with Gasteiger partial charge in [-0.05, 0) is 35.9 Å². The normalized spacial score (nSPS) is 10.9. The van der Waals surface area contributed by atoms with Gasteiger partial charge in [0.05, 0.1) is 24.3 Å². The molecule has 8 heteroatoms. The fraction of sp³-hybridized carbons (Fsp3) is 0.0476. The molecule has 8 nitrogen and oxygen atoms in total. The van der Waals surface area contributed by atoms with Crippen LogP contribution in [0.15, 0.2) is 73.4 Å². The molecule has 0 bridgehead atoms. The Morgan fingerprint density at radius 3 is 2.69 bits per heavy atom.